The van der Waals surface area contributed by atoms with Crippen molar-refractivity contribution < 1.29 is 18.0 Å². The summed E-state index contributed by atoms with van der Waals surface area (Å²) >= 11 is 0. The second-order valence-corrected chi connectivity index (χ2v) is 7.82. The molecule has 0 radical (unpaired) electrons. The maximum Gasteiger partial charge on any atom is 0.416 e. The van der Waals surface area contributed by atoms with Crippen molar-refractivity contribution in [2.75, 3.05) is 26.2 Å². The minimum Gasteiger partial charge on any atom is -0.341 e. The Hall–Kier alpha value is -1.56. The molecule has 2 heterocycles. The molecule has 1 spiro atoms. The van der Waals surface area contributed by atoms with Crippen molar-refractivity contribution in [1.82, 2.24) is 9.80 Å². The van der Waals surface area contributed by atoms with Crippen LogP contribution in [0.3, 0.4) is 0 Å². The van der Waals surface area contributed by atoms with Crippen LogP contribution < -0.4 is 0 Å². The summed E-state index contributed by atoms with van der Waals surface area (Å²) in [5, 5.41) is 0. The average molecular weight is 354 g/mol. The molecule has 1 amide bonds. The number of carbonyl (C=O) groups is 1. The molecular formula is C19H25F3N2O. The topological polar surface area (TPSA) is 23.6 Å². The standard InChI is InChI=1S/C19H25F3N2O/c1-14(2)17(25)24-12-18(13-24)7-9-23(10-8-18)11-15-3-5-16(6-4-15)19(20,21)22/h3-6,14H,7-13H2,1-2H3. The Balaban J connectivity index is 1.48. The molecule has 0 atom stereocenters. The van der Waals surface area contributed by atoms with E-state index in [0.29, 0.717) is 6.54 Å². The highest BCUT2D eigenvalue weighted by Crippen LogP contribution is 2.41. The lowest BCUT2D eigenvalue weighted by atomic mass is 9.71. The number of halogens is 3. The van der Waals surface area contributed by atoms with Crippen molar-refractivity contribution >= 4 is 5.91 Å². The smallest absolute Gasteiger partial charge is 0.341 e. The summed E-state index contributed by atoms with van der Waals surface area (Å²) in [4.78, 5) is 16.2. The van der Waals surface area contributed by atoms with Crippen molar-refractivity contribution in [2.24, 2.45) is 11.3 Å². The molecule has 0 aliphatic carbocycles. The molecule has 0 N–H and O–H groups in total. The highest BCUT2D eigenvalue weighted by molar-refractivity contribution is 5.79. The maximum absolute atomic E-state index is 12.6. The molecule has 2 aliphatic rings. The second-order valence-electron chi connectivity index (χ2n) is 7.82. The summed E-state index contributed by atoms with van der Waals surface area (Å²) < 4.78 is 37.8. The number of nitrogens with zero attached hydrogens (tertiary/aromatic N) is 2. The van der Waals surface area contributed by atoms with Crippen molar-refractivity contribution in [1.29, 1.82) is 0 Å². The van der Waals surface area contributed by atoms with Crippen LogP contribution in [0, 0.1) is 11.3 Å². The van der Waals surface area contributed by atoms with Gasteiger partial charge >= 0.3 is 6.18 Å². The Kier molecular flexibility index (Phi) is 4.84. The molecule has 0 saturated carbocycles. The van der Waals surface area contributed by atoms with Gasteiger partial charge < -0.3 is 4.90 Å². The van der Waals surface area contributed by atoms with E-state index in [9.17, 15) is 18.0 Å². The molecule has 3 rings (SSSR count). The number of benzene rings is 1. The fourth-order valence-electron chi connectivity index (χ4n) is 3.84. The normalized spacial score (nSPS) is 20.8. The van der Waals surface area contributed by atoms with Gasteiger partial charge in [0.1, 0.15) is 0 Å². The number of alkyl halides is 3. The number of hydrogen-bond donors (Lipinski definition) is 0. The fraction of sp³-hybridized carbons (Fsp3) is 0.632. The Bertz CT molecular complexity index is 609. The van der Waals surface area contributed by atoms with Crippen LogP contribution in [0.4, 0.5) is 13.2 Å². The summed E-state index contributed by atoms with van der Waals surface area (Å²) in [5.41, 5.74) is 0.577. The van der Waals surface area contributed by atoms with Gasteiger partial charge in [-0.15, -0.1) is 0 Å². The Labute approximate surface area is 146 Å². The number of rotatable bonds is 3. The maximum atomic E-state index is 12.6. The molecule has 0 aromatic heterocycles. The first kappa shape index (κ1) is 18.2. The van der Waals surface area contributed by atoms with Crippen LogP contribution in [0.15, 0.2) is 24.3 Å². The summed E-state index contributed by atoms with van der Waals surface area (Å²) in [6.07, 6.45) is -2.18. The Morgan fingerprint density at radius 3 is 2.16 bits per heavy atom. The monoisotopic (exact) mass is 354 g/mol. The van der Waals surface area contributed by atoms with Crippen molar-refractivity contribution in [2.45, 2.75) is 39.4 Å². The Morgan fingerprint density at radius 1 is 1.12 bits per heavy atom. The van der Waals surface area contributed by atoms with Crippen LogP contribution in [0.5, 0.6) is 0 Å². The Morgan fingerprint density at radius 2 is 1.68 bits per heavy atom. The summed E-state index contributed by atoms with van der Waals surface area (Å²) in [5.74, 6) is 0.287. The van der Waals surface area contributed by atoms with Gasteiger partial charge in [0.25, 0.3) is 0 Å². The molecule has 138 valence electrons. The highest BCUT2D eigenvalue weighted by Gasteiger charge is 2.46. The third kappa shape index (κ3) is 4.00. The fourth-order valence-corrected chi connectivity index (χ4v) is 3.84. The third-order valence-electron chi connectivity index (χ3n) is 5.46. The molecule has 3 nitrogen and oxygen atoms in total. The van der Waals surface area contributed by atoms with E-state index < -0.39 is 11.7 Å². The number of likely N-dealkylation sites (tertiary alicyclic amines) is 2. The lowest BCUT2D eigenvalue weighted by Crippen LogP contribution is -2.62. The third-order valence-corrected chi connectivity index (χ3v) is 5.46. The van der Waals surface area contributed by atoms with Crippen molar-refractivity contribution in [3.05, 3.63) is 35.4 Å². The van der Waals surface area contributed by atoms with E-state index in [1.165, 1.54) is 0 Å². The first-order valence-corrected chi connectivity index (χ1v) is 8.86. The van der Waals surface area contributed by atoms with Gasteiger partial charge in [-0.2, -0.15) is 13.2 Å². The van der Waals surface area contributed by atoms with Crippen LogP contribution in [0.2, 0.25) is 0 Å². The quantitative estimate of drug-likeness (QED) is 0.825. The predicted molar refractivity (Wildman–Crippen MR) is 89.8 cm³/mol. The molecule has 1 aromatic carbocycles. The van der Waals surface area contributed by atoms with E-state index in [1.807, 2.05) is 18.7 Å². The van der Waals surface area contributed by atoms with Crippen LogP contribution in [-0.2, 0) is 17.5 Å². The van der Waals surface area contributed by atoms with Crippen LogP contribution in [0.25, 0.3) is 0 Å². The minimum atomic E-state index is -4.28. The number of piperidine rings is 1. The molecule has 0 unspecified atom stereocenters. The minimum absolute atomic E-state index is 0.0529. The lowest BCUT2D eigenvalue weighted by Gasteiger charge is -2.54. The first-order chi connectivity index (χ1) is 11.7. The average Bonchev–Trinajstić information content (AvgIpc) is 2.52. The van der Waals surface area contributed by atoms with Crippen LogP contribution >= 0.6 is 0 Å². The number of amides is 1. The number of carbonyl (C=O) groups excluding carboxylic acids is 1. The second kappa shape index (κ2) is 6.63. The van der Waals surface area contributed by atoms with E-state index in [1.54, 1.807) is 12.1 Å². The van der Waals surface area contributed by atoms with Gasteiger partial charge in [-0.3, -0.25) is 9.69 Å². The van der Waals surface area contributed by atoms with E-state index in [0.717, 1.165) is 56.7 Å². The summed E-state index contributed by atoms with van der Waals surface area (Å²) in [7, 11) is 0. The van der Waals surface area contributed by atoms with E-state index in [2.05, 4.69) is 4.90 Å². The first-order valence-electron chi connectivity index (χ1n) is 8.86. The zero-order valence-electron chi connectivity index (χ0n) is 14.8. The molecule has 2 saturated heterocycles. The van der Waals surface area contributed by atoms with Gasteiger partial charge in [-0.05, 0) is 43.6 Å². The molecule has 0 bridgehead atoms. The van der Waals surface area contributed by atoms with Gasteiger partial charge in [0.05, 0.1) is 5.56 Å². The van der Waals surface area contributed by atoms with Gasteiger partial charge in [0.15, 0.2) is 0 Å². The van der Waals surface area contributed by atoms with Crippen molar-refractivity contribution in [3.63, 3.8) is 0 Å². The summed E-state index contributed by atoms with van der Waals surface area (Å²) in [6.45, 7) is 8.13. The molecule has 1 aromatic rings. The zero-order valence-corrected chi connectivity index (χ0v) is 14.8. The van der Waals surface area contributed by atoms with Crippen molar-refractivity contribution in [3.8, 4) is 0 Å². The molecule has 2 fully saturated rings. The molecule has 6 heteroatoms. The summed E-state index contributed by atoms with van der Waals surface area (Å²) in [6, 6.07) is 5.45. The van der Waals surface area contributed by atoms with Gasteiger partial charge in [0, 0.05) is 31.0 Å². The van der Waals surface area contributed by atoms with Crippen LogP contribution in [0.1, 0.15) is 37.8 Å². The van der Waals surface area contributed by atoms with Gasteiger partial charge in [-0.1, -0.05) is 26.0 Å². The SMILES string of the molecule is CC(C)C(=O)N1CC2(CCN(Cc3ccc(C(F)(F)F)cc3)CC2)C1. The van der Waals surface area contributed by atoms with E-state index >= 15 is 0 Å². The zero-order chi connectivity index (χ0) is 18.2. The van der Waals surface area contributed by atoms with E-state index in [-0.39, 0.29) is 17.2 Å². The highest BCUT2D eigenvalue weighted by atomic mass is 19.4. The lowest BCUT2D eigenvalue weighted by molar-refractivity contribution is -0.150. The van der Waals surface area contributed by atoms with E-state index in [4.69, 9.17) is 0 Å². The van der Waals surface area contributed by atoms with Crippen LogP contribution in [-0.4, -0.2) is 41.9 Å². The molecule has 2 aliphatic heterocycles. The molecule has 25 heavy (non-hydrogen) atoms. The molecular weight excluding hydrogens is 329 g/mol. The van der Waals surface area contributed by atoms with Gasteiger partial charge in [-0.25, -0.2) is 0 Å². The number of hydrogen-bond acceptors (Lipinski definition) is 2. The predicted octanol–water partition coefficient (Wildman–Crippen LogP) is 3.79. The van der Waals surface area contributed by atoms with Gasteiger partial charge in [0.2, 0.25) is 5.91 Å². The largest absolute Gasteiger partial charge is 0.416 e.